The van der Waals surface area contributed by atoms with Crippen molar-refractivity contribution >= 4 is 28.3 Å². The fourth-order valence-corrected chi connectivity index (χ4v) is 3.76. The second-order valence-electron chi connectivity index (χ2n) is 6.96. The first-order valence-corrected chi connectivity index (χ1v) is 10.6. The highest BCUT2D eigenvalue weighted by Gasteiger charge is 2.16. The molecule has 2 aromatic rings. The number of hydrogen-bond acceptors (Lipinski definition) is 8. The van der Waals surface area contributed by atoms with Gasteiger partial charge in [0.05, 0.1) is 14.2 Å². The standard InChI is InChI=1S/C20H27N5O4S/c1-24-8-10-25(11-9-24)7-6-21-19(27)15-13-30-20(22-15)23-18(26)14-4-5-16(28-2)17(12-14)29-3/h4-5,12-13H,6-11H2,1-3H3,(H,21,27)(H,22,23,26). The van der Waals surface area contributed by atoms with E-state index in [1.54, 1.807) is 23.6 Å². The molecule has 0 aliphatic carbocycles. The summed E-state index contributed by atoms with van der Waals surface area (Å²) in [6.45, 7) is 5.48. The maximum atomic E-state index is 12.5. The number of carbonyl (C=O) groups is 2. The third kappa shape index (κ3) is 5.68. The molecule has 162 valence electrons. The van der Waals surface area contributed by atoms with Crippen LogP contribution in [0.2, 0.25) is 0 Å². The molecule has 1 saturated heterocycles. The fourth-order valence-electron chi connectivity index (χ4n) is 3.07. The Bertz CT molecular complexity index is 880. The van der Waals surface area contributed by atoms with Gasteiger partial charge in [-0.05, 0) is 25.2 Å². The van der Waals surface area contributed by atoms with Crippen LogP contribution in [0.1, 0.15) is 20.8 Å². The van der Waals surface area contributed by atoms with E-state index in [4.69, 9.17) is 9.47 Å². The number of carbonyl (C=O) groups excluding carboxylic acids is 2. The number of benzene rings is 1. The number of aromatic nitrogens is 1. The summed E-state index contributed by atoms with van der Waals surface area (Å²) in [7, 11) is 5.16. The minimum Gasteiger partial charge on any atom is -0.493 e. The number of amides is 2. The van der Waals surface area contributed by atoms with Gasteiger partial charge in [-0.2, -0.15) is 0 Å². The molecule has 0 atom stereocenters. The number of methoxy groups -OCH3 is 2. The number of thiazole rings is 1. The molecule has 10 heteroatoms. The molecule has 1 fully saturated rings. The number of ether oxygens (including phenoxy) is 2. The van der Waals surface area contributed by atoms with Crippen LogP contribution in [-0.2, 0) is 0 Å². The average Bonchev–Trinajstić information content (AvgIpc) is 3.23. The van der Waals surface area contributed by atoms with Gasteiger partial charge in [-0.1, -0.05) is 0 Å². The maximum Gasteiger partial charge on any atom is 0.270 e. The molecule has 1 aliphatic rings. The van der Waals surface area contributed by atoms with Crippen molar-refractivity contribution in [3.63, 3.8) is 0 Å². The van der Waals surface area contributed by atoms with E-state index >= 15 is 0 Å². The highest BCUT2D eigenvalue weighted by molar-refractivity contribution is 7.14. The van der Waals surface area contributed by atoms with Gasteiger partial charge in [0.2, 0.25) is 0 Å². The summed E-state index contributed by atoms with van der Waals surface area (Å²) in [4.78, 5) is 33.7. The minimum absolute atomic E-state index is 0.244. The van der Waals surface area contributed by atoms with Gasteiger partial charge in [0.1, 0.15) is 5.69 Å². The number of nitrogens with one attached hydrogen (secondary N) is 2. The van der Waals surface area contributed by atoms with Crippen molar-refractivity contribution in [3.05, 3.63) is 34.8 Å². The summed E-state index contributed by atoms with van der Waals surface area (Å²) in [5, 5.41) is 7.60. The van der Waals surface area contributed by atoms with Crippen LogP contribution >= 0.6 is 11.3 Å². The van der Waals surface area contributed by atoms with Crippen molar-refractivity contribution < 1.29 is 19.1 Å². The smallest absolute Gasteiger partial charge is 0.270 e. The normalized spacial score (nSPS) is 14.9. The first kappa shape index (κ1) is 22.0. The van der Waals surface area contributed by atoms with E-state index in [1.807, 2.05) is 0 Å². The van der Waals surface area contributed by atoms with Crippen molar-refractivity contribution in [2.24, 2.45) is 0 Å². The number of hydrogen-bond donors (Lipinski definition) is 2. The third-order valence-electron chi connectivity index (χ3n) is 4.91. The van der Waals surface area contributed by atoms with Crippen LogP contribution < -0.4 is 20.1 Å². The molecule has 30 heavy (non-hydrogen) atoms. The van der Waals surface area contributed by atoms with Crippen LogP contribution in [-0.4, -0.2) is 87.1 Å². The van der Waals surface area contributed by atoms with Gasteiger partial charge in [-0.25, -0.2) is 4.98 Å². The Labute approximate surface area is 180 Å². The SMILES string of the molecule is COc1ccc(C(=O)Nc2nc(C(=O)NCCN3CCN(C)CC3)cs2)cc1OC. The lowest BCUT2D eigenvalue weighted by molar-refractivity contribution is 0.0935. The van der Waals surface area contributed by atoms with E-state index in [1.165, 1.54) is 25.6 Å². The number of rotatable bonds is 8. The molecule has 0 bridgehead atoms. The van der Waals surface area contributed by atoms with Crippen LogP contribution in [0.25, 0.3) is 0 Å². The highest BCUT2D eigenvalue weighted by Crippen LogP contribution is 2.28. The zero-order valence-electron chi connectivity index (χ0n) is 17.4. The van der Waals surface area contributed by atoms with Gasteiger partial charge in [-0.3, -0.25) is 19.8 Å². The molecule has 9 nitrogen and oxygen atoms in total. The molecular weight excluding hydrogens is 406 g/mol. The predicted molar refractivity (Wildman–Crippen MR) is 116 cm³/mol. The monoisotopic (exact) mass is 433 g/mol. The molecule has 0 radical (unpaired) electrons. The summed E-state index contributed by atoms with van der Waals surface area (Å²) in [5.74, 6) is 0.419. The summed E-state index contributed by atoms with van der Waals surface area (Å²) in [6.07, 6.45) is 0. The molecule has 2 amide bonds. The average molecular weight is 434 g/mol. The first-order valence-electron chi connectivity index (χ1n) is 9.68. The Morgan fingerprint density at radius 3 is 2.53 bits per heavy atom. The molecular formula is C20H27N5O4S. The van der Waals surface area contributed by atoms with E-state index < -0.39 is 0 Å². The number of piperazine rings is 1. The summed E-state index contributed by atoms with van der Waals surface area (Å²) in [5.41, 5.74) is 0.696. The van der Waals surface area contributed by atoms with Crippen molar-refractivity contribution in [2.75, 3.05) is 65.9 Å². The van der Waals surface area contributed by atoms with Crippen LogP contribution in [0.3, 0.4) is 0 Å². The maximum absolute atomic E-state index is 12.5. The van der Waals surface area contributed by atoms with E-state index in [-0.39, 0.29) is 11.8 Å². The molecule has 0 saturated carbocycles. The molecule has 1 aliphatic heterocycles. The van der Waals surface area contributed by atoms with Crippen molar-refractivity contribution in [3.8, 4) is 11.5 Å². The molecule has 3 rings (SSSR count). The van der Waals surface area contributed by atoms with Gasteiger partial charge in [0, 0.05) is 50.2 Å². The Balaban J connectivity index is 1.50. The largest absolute Gasteiger partial charge is 0.493 e. The predicted octanol–water partition coefficient (Wildman–Crippen LogP) is 1.39. The lowest BCUT2D eigenvalue weighted by atomic mass is 10.2. The van der Waals surface area contributed by atoms with Crippen molar-refractivity contribution in [1.82, 2.24) is 20.1 Å². The Morgan fingerprint density at radius 2 is 1.83 bits per heavy atom. The quantitative estimate of drug-likeness (QED) is 0.649. The fraction of sp³-hybridized carbons (Fsp3) is 0.450. The Hall–Kier alpha value is -2.69. The lowest BCUT2D eigenvalue weighted by Crippen LogP contribution is -2.46. The van der Waals surface area contributed by atoms with Crippen LogP contribution in [0.15, 0.2) is 23.6 Å². The number of likely N-dealkylation sites (N-methyl/N-ethyl adjacent to an activating group) is 1. The van der Waals surface area contributed by atoms with E-state index in [2.05, 4.69) is 32.5 Å². The lowest BCUT2D eigenvalue weighted by Gasteiger charge is -2.32. The molecule has 0 unspecified atom stereocenters. The minimum atomic E-state index is -0.340. The second-order valence-corrected chi connectivity index (χ2v) is 7.82. The van der Waals surface area contributed by atoms with Crippen LogP contribution in [0.4, 0.5) is 5.13 Å². The van der Waals surface area contributed by atoms with Gasteiger partial charge >= 0.3 is 0 Å². The molecule has 1 aromatic heterocycles. The first-order chi connectivity index (χ1) is 14.5. The zero-order valence-corrected chi connectivity index (χ0v) is 18.3. The Kier molecular flexibility index (Phi) is 7.61. The summed E-state index contributed by atoms with van der Waals surface area (Å²) in [6, 6.07) is 4.89. The van der Waals surface area contributed by atoms with Crippen LogP contribution in [0, 0.1) is 0 Å². The van der Waals surface area contributed by atoms with Gasteiger partial charge < -0.3 is 19.7 Å². The van der Waals surface area contributed by atoms with Gasteiger partial charge in [0.15, 0.2) is 16.6 Å². The van der Waals surface area contributed by atoms with E-state index in [0.29, 0.717) is 34.4 Å². The molecule has 1 aromatic carbocycles. The third-order valence-corrected chi connectivity index (χ3v) is 5.67. The van der Waals surface area contributed by atoms with E-state index in [9.17, 15) is 9.59 Å². The van der Waals surface area contributed by atoms with Crippen molar-refractivity contribution in [2.45, 2.75) is 0 Å². The molecule has 2 heterocycles. The summed E-state index contributed by atoms with van der Waals surface area (Å²) >= 11 is 1.20. The highest BCUT2D eigenvalue weighted by atomic mass is 32.1. The molecule has 0 spiro atoms. The Morgan fingerprint density at radius 1 is 1.10 bits per heavy atom. The summed E-state index contributed by atoms with van der Waals surface area (Å²) < 4.78 is 10.4. The van der Waals surface area contributed by atoms with Gasteiger partial charge in [0.25, 0.3) is 11.8 Å². The number of nitrogens with zero attached hydrogens (tertiary/aromatic N) is 3. The van der Waals surface area contributed by atoms with Crippen molar-refractivity contribution in [1.29, 1.82) is 0 Å². The zero-order chi connectivity index (χ0) is 21.5. The van der Waals surface area contributed by atoms with Crippen LogP contribution in [0.5, 0.6) is 11.5 Å². The molecule has 2 N–H and O–H groups in total. The second kappa shape index (κ2) is 10.4. The number of anilines is 1. The van der Waals surface area contributed by atoms with E-state index in [0.717, 1.165) is 32.7 Å². The van der Waals surface area contributed by atoms with Gasteiger partial charge in [-0.15, -0.1) is 11.3 Å². The topological polar surface area (TPSA) is 96.0 Å².